The molecule has 0 saturated carbocycles. The fourth-order valence-corrected chi connectivity index (χ4v) is 2.62. The van der Waals surface area contributed by atoms with Gasteiger partial charge in [0.2, 0.25) is 5.88 Å². The molecule has 2 aromatic carbocycles. The maximum absolute atomic E-state index is 13.4. The molecule has 0 radical (unpaired) electrons. The maximum Gasteiger partial charge on any atom is 0.224 e. The van der Waals surface area contributed by atoms with Crippen molar-refractivity contribution in [1.29, 1.82) is 0 Å². The Morgan fingerprint density at radius 3 is 2.47 bits per heavy atom. The molecule has 0 atom stereocenters. The molecule has 3 rings (SSSR count). The van der Waals surface area contributed by atoms with Gasteiger partial charge in [-0.05, 0) is 35.9 Å². The molecular formula is C22H24FIN4O2. The van der Waals surface area contributed by atoms with Crippen LogP contribution in [0.15, 0.2) is 71.9 Å². The number of halogens is 2. The Morgan fingerprint density at radius 2 is 1.77 bits per heavy atom. The highest BCUT2D eigenvalue weighted by Gasteiger charge is 2.08. The number of aliphatic imine (C=N–C) groups is 1. The van der Waals surface area contributed by atoms with Crippen LogP contribution in [0.4, 0.5) is 4.39 Å². The zero-order valence-corrected chi connectivity index (χ0v) is 19.1. The first-order valence-electron chi connectivity index (χ1n) is 9.12. The Kier molecular flexibility index (Phi) is 9.33. The molecular weight excluding hydrogens is 498 g/mol. The van der Waals surface area contributed by atoms with Crippen LogP contribution in [-0.4, -0.2) is 25.1 Å². The van der Waals surface area contributed by atoms with Crippen molar-refractivity contribution in [3.63, 3.8) is 0 Å². The molecule has 0 bridgehead atoms. The predicted octanol–water partition coefficient (Wildman–Crippen LogP) is 4.50. The zero-order chi connectivity index (χ0) is 20.5. The average molecular weight is 522 g/mol. The number of benzene rings is 2. The van der Waals surface area contributed by atoms with Crippen LogP contribution in [0.5, 0.6) is 17.4 Å². The average Bonchev–Trinajstić information content (AvgIpc) is 2.75. The third kappa shape index (κ3) is 6.87. The molecule has 0 fully saturated rings. The summed E-state index contributed by atoms with van der Waals surface area (Å²) in [6.07, 6.45) is 1.63. The third-order valence-electron chi connectivity index (χ3n) is 4.15. The predicted molar refractivity (Wildman–Crippen MR) is 126 cm³/mol. The van der Waals surface area contributed by atoms with Crippen molar-refractivity contribution < 1.29 is 13.9 Å². The number of rotatable bonds is 7. The van der Waals surface area contributed by atoms with Gasteiger partial charge in [0.1, 0.15) is 17.3 Å². The van der Waals surface area contributed by atoms with E-state index in [4.69, 9.17) is 9.47 Å². The SMILES string of the molecule is CN=C(NCc1ccc(OC)cc1)NCc1cccnc1Oc1cccc(F)c1.I. The number of nitrogens with zero attached hydrogens (tertiary/aromatic N) is 2. The number of aromatic nitrogens is 1. The molecule has 0 unspecified atom stereocenters. The first-order chi connectivity index (χ1) is 14.2. The molecule has 30 heavy (non-hydrogen) atoms. The van der Waals surface area contributed by atoms with Gasteiger partial charge in [0.25, 0.3) is 0 Å². The van der Waals surface area contributed by atoms with E-state index in [-0.39, 0.29) is 29.8 Å². The highest BCUT2D eigenvalue weighted by molar-refractivity contribution is 14.0. The summed E-state index contributed by atoms with van der Waals surface area (Å²) in [6, 6.07) is 17.5. The maximum atomic E-state index is 13.4. The van der Waals surface area contributed by atoms with E-state index in [1.54, 1.807) is 32.5 Å². The van der Waals surface area contributed by atoms with Gasteiger partial charge in [-0.3, -0.25) is 4.99 Å². The molecule has 6 nitrogen and oxygen atoms in total. The van der Waals surface area contributed by atoms with Gasteiger partial charge < -0.3 is 20.1 Å². The van der Waals surface area contributed by atoms with Gasteiger partial charge in [-0.1, -0.05) is 24.3 Å². The molecule has 8 heteroatoms. The van der Waals surface area contributed by atoms with E-state index in [9.17, 15) is 4.39 Å². The van der Waals surface area contributed by atoms with Crippen LogP contribution in [0.2, 0.25) is 0 Å². The van der Waals surface area contributed by atoms with Crippen molar-refractivity contribution in [2.45, 2.75) is 13.1 Å². The largest absolute Gasteiger partial charge is 0.497 e. The summed E-state index contributed by atoms with van der Waals surface area (Å²) >= 11 is 0. The second-order valence-corrected chi connectivity index (χ2v) is 6.15. The molecule has 1 aromatic heterocycles. The lowest BCUT2D eigenvalue weighted by Crippen LogP contribution is -2.36. The van der Waals surface area contributed by atoms with Crippen LogP contribution in [0.3, 0.4) is 0 Å². The number of methoxy groups -OCH3 is 1. The highest BCUT2D eigenvalue weighted by Crippen LogP contribution is 2.23. The Bertz CT molecular complexity index is 967. The van der Waals surface area contributed by atoms with Crippen LogP contribution < -0.4 is 20.1 Å². The number of hydrogen-bond donors (Lipinski definition) is 2. The molecule has 158 valence electrons. The van der Waals surface area contributed by atoms with E-state index < -0.39 is 0 Å². The lowest BCUT2D eigenvalue weighted by atomic mass is 10.2. The summed E-state index contributed by atoms with van der Waals surface area (Å²) in [5, 5.41) is 6.49. The topological polar surface area (TPSA) is 67.8 Å². The van der Waals surface area contributed by atoms with Crippen LogP contribution >= 0.6 is 24.0 Å². The van der Waals surface area contributed by atoms with Crippen molar-refractivity contribution in [2.75, 3.05) is 14.2 Å². The van der Waals surface area contributed by atoms with Gasteiger partial charge in [-0.15, -0.1) is 24.0 Å². The van der Waals surface area contributed by atoms with Gasteiger partial charge in [0.15, 0.2) is 5.96 Å². The van der Waals surface area contributed by atoms with Crippen molar-refractivity contribution in [1.82, 2.24) is 15.6 Å². The number of nitrogens with one attached hydrogen (secondary N) is 2. The van der Waals surface area contributed by atoms with Crippen LogP contribution in [0.25, 0.3) is 0 Å². The van der Waals surface area contributed by atoms with Crippen molar-refractivity contribution >= 4 is 29.9 Å². The fraction of sp³-hybridized carbons (Fsp3) is 0.182. The Labute approximate surface area is 192 Å². The van der Waals surface area contributed by atoms with E-state index in [2.05, 4.69) is 20.6 Å². The van der Waals surface area contributed by atoms with Crippen LogP contribution in [0, 0.1) is 5.82 Å². The molecule has 0 amide bonds. The molecule has 0 aliphatic carbocycles. The Hall–Kier alpha value is -2.88. The minimum Gasteiger partial charge on any atom is -0.497 e. The summed E-state index contributed by atoms with van der Waals surface area (Å²) in [4.78, 5) is 8.50. The molecule has 2 N–H and O–H groups in total. The van der Waals surface area contributed by atoms with Gasteiger partial charge in [0, 0.05) is 38.0 Å². The van der Waals surface area contributed by atoms with E-state index in [0.29, 0.717) is 30.7 Å². The fourth-order valence-electron chi connectivity index (χ4n) is 2.62. The quantitative estimate of drug-likeness (QED) is 0.272. The number of pyridine rings is 1. The van der Waals surface area contributed by atoms with Crippen molar-refractivity contribution in [3.8, 4) is 17.4 Å². The zero-order valence-electron chi connectivity index (χ0n) is 16.8. The van der Waals surface area contributed by atoms with E-state index in [1.807, 2.05) is 36.4 Å². The van der Waals surface area contributed by atoms with Crippen molar-refractivity contribution in [2.24, 2.45) is 4.99 Å². The second-order valence-electron chi connectivity index (χ2n) is 6.15. The normalized spacial score (nSPS) is 10.7. The molecule has 0 aliphatic rings. The molecule has 3 aromatic rings. The lowest BCUT2D eigenvalue weighted by molar-refractivity contribution is 0.414. The summed E-state index contributed by atoms with van der Waals surface area (Å²) in [7, 11) is 3.35. The van der Waals surface area contributed by atoms with Gasteiger partial charge in [-0.2, -0.15) is 0 Å². The van der Waals surface area contributed by atoms with Gasteiger partial charge >= 0.3 is 0 Å². The smallest absolute Gasteiger partial charge is 0.224 e. The third-order valence-corrected chi connectivity index (χ3v) is 4.15. The lowest BCUT2D eigenvalue weighted by Gasteiger charge is -2.14. The summed E-state index contributed by atoms with van der Waals surface area (Å²) in [6.45, 7) is 1.06. The van der Waals surface area contributed by atoms with E-state index in [1.165, 1.54) is 12.1 Å². The standard InChI is InChI=1S/C22H23FN4O2.HI/c1-24-22(26-14-16-8-10-19(28-2)11-9-16)27-15-17-5-4-12-25-21(17)29-20-7-3-6-18(23)13-20;/h3-13H,14-15H2,1-2H3,(H2,24,26,27);1H. The first-order valence-corrected chi connectivity index (χ1v) is 9.12. The number of guanidine groups is 1. The Morgan fingerprint density at radius 1 is 1.00 bits per heavy atom. The van der Waals surface area contributed by atoms with E-state index in [0.717, 1.165) is 16.9 Å². The van der Waals surface area contributed by atoms with Crippen molar-refractivity contribution in [3.05, 3.63) is 83.8 Å². The minimum atomic E-state index is -0.360. The first kappa shape index (κ1) is 23.4. The second kappa shape index (κ2) is 12.0. The molecule has 0 spiro atoms. The van der Waals surface area contributed by atoms with E-state index >= 15 is 0 Å². The summed E-state index contributed by atoms with van der Waals surface area (Å²) in [5.41, 5.74) is 1.93. The summed E-state index contributed by atoms with van der Waals surface area (Å²) < 4.78 is 24.3. The monoisotopic (exact) mass is 522 g/mol. The van der Waals surface area contributed by atoms with Gasteiger partial charge in [0.05, 0.1) is 7.11 Å². The minimum absolute atomic E-state index is 0. The van der Waals surface area contributed by atoms with Gasteiger partial charge in [-0.25, -0.2) is 9.37 Å². The van der Waals surface area contributed by atoms with Crippen LogP contribution in [0.1, 0.15) is 11.1 Å². The highest BCUT2D eigenvalue weighted by atomic mass is 127. The number of ether oxygens (including phenoxy) is 2. The van der Waals surface area contributed by atoms with Crippen LogP contribution in [-0.2, 0) is 13.1 Å². The number of hydrogen-bond acceptors (Lipinski definition) is 4. The Balaban J connectivity index is 0.00000320. The molecule has 1 heterocycles. The molecule has 0 aliphatic heterocycles. The molecule has 0 saturated heterocycles. The summed E-state index contributed by atoms with van der Waals surface area (Å²) in [5.74, 6) is 1.91.